The lowest BCUT2D eigenvalue weighted by Gasteiger charge is -2.44. The molecule has 132 valence electrons. The number of methoxy groups -OCH3 is 1. The first-order chi connectivity index (χ1) is 12.7. The van der Waals surface area contributed by atoms with Crippen LogP contribution < -0.4 is 14.8 Å². The van der Waals surface area contributed by atoms with Crippen LogP contribution in [0.15, 0.2) is 53.6 Å². The number of hydrazone groups is 1. The Morgan fingerprint density at radius 3 is 2.81 bits per heavy atom. The summed E-state index contributed by atoms with van der Waals surface area (Å²) in [5.74, 6) is 1.20. The van der Waals surface area contributed by atoms with Crippen LogP contribution >= 0.6 is 11.8 Å². The van der Waals surface area contributed by atoms with Crippen LogP contribution in [0.4, 0.5) is 4.79 Å². The standard InChI is InChI=1S/C19H17N3O3S/c1-24-13-8-6-12(7-9-13)15-10-16-14-4-2-3-5-17(14)25-19(22(16)21-15)11-26-18(23)20-19/h2-9,16H,10-11H2,1H3,(H,20,23)/t16-,19+/m0/s1. The summed E-state index contributed by atoms with van der Waals surface area (Å²) in [5.41, 5.74) is 3.12. The van der Waals surface area contributed by atoms with E-state index in [-0.39, 0.29) is 11.3 Å². The summed E-state index contributed by atoms with van der Waals surface area (Å²) >= 11 is 1.23. The minimum absolute atomic E-state index is 0.0380. The number of benzene rings is 2. The van der Waals surface area contributed by atoms with Crippen molar-refractivity contribution in [3.63, 3.8) is 0 Å². The molecule has 1 fully saturated rings. The number of hydrogen-bond acceptors (Lipinski definition) is 6. The molecule has 1 saturated heterocycles. The highest BCUT2D eigenvalue weighted by molar-refractivity contribution is 8.14. The Morgan fingerprint density at radius 1 is 1.27 bits per heavy atom. The van der Waals surface area contributed by atoms with Crippen LogP contribution in [-0.4, -0.2) is 34.7 Å². The van der Waals surface area contributed by atoms with Crippen molar-refractivity contribution in [1.82, 2.24) is 10.3 Å². The SMILES string of the molecule is COc1ccc(C2=NN3[C@@H](C2)c2ccccc2O[C@@]32CSC(=O)N2)cc1. The normalized spacial score (nSPS) is 26.0. The van der Waals surface area contributed by atoms with Gasteiger partial charge in [-0.1, -0.05) is 30.0 Å². The molecule has 2 aromatic rings. The lowest BCUT2D eigenvalue weighted by molar-refractivity contribution is -0.111. The number of fused-ring (bicyclic) bond motifs is 4. The second-order valence-electron chi connectivity index (χ2n) is 6.47. The number of nitrogens with zero attached hydrogens (tertiary/aromatic N) is 2. The fourth-order valence-corrected chi connectivity index (χ4v) is 4.52. The van der Waals surface area contributed by atoms with Gasteiger partial charge in [-0.25, -0.2) is 5.01 Å². The van der Waals surface area contributed by atoms with Crippen molar-refractivity contribution >= 4 is 22.7 Å². The molecule has 0 saturated carbocycles. The molecular formula is C19H17N3O3S. The first-order valence-electron chi connectivity index (χ1n) is 8.43. The number of carbonyl (C=O) groups is 1. The van der Waals surface area contributed by atoms with Gasteiger partial charge in [0.25, 0.3) is 11.1 Å². The third-order valence-corrected chi connectivity index (χ3v) is 5.86. The van der Waals surface area contributed by atoms with Crippen LogP contribution in [-0.2, 0) is 0 Å². The molecule has 26 heavy (non-hydrogen) atoms. The topological polar surface area (TPSA) is 63.2 Å². The lowest BCUT2D eigenvalue weighted by Crippen LogP contribution is -2.62. The highest BCUT2D eigenvalue weighted by Crippen LogP contribution is 2.48. The zero-order valence-electron chi connectivity index (χ0n) is 14.1. The average Bonchev–Trinajstić information content (AvgIpc) is 3.28. The van der Waals surface area contributed by atoms with E-state index in [2.05, 4.69) is 11.4 Å². The van der Waals surface area contributed by atoms with Gasteiger partial charge in [0, 0.05) is 12.0 Å². The number of thioether (sulfide) groups is 1. The Hall–Kier alpha value is -2.67. The summed E-state index contributed by atoms with van der Waals surface area (Å²) in [6.45, 7) is 0. The fourth-order valence-electron chi connectivity index (χ4n) is 3.69. The van der Waals surface area contributed by atoms with Crippen molar-refractivity contribution in [3.05, 3.63) is 59.7 Å². The van der Waals surface area contributed by atoms with Gasteiger partial charge in [0.1, 0.15) is 11.5 Å². The zero-order valence-corrected chi connectivity index (χ0v) is 15.0. The van der Waals surface area contributed by atoms with Gasteiger partial charge in [0.2, 0.25) is 0 Å². The van der Waals surface area contributed by atoms with Crippen LogP contribution in [0.5, 0.6) is 11.5 Å². The molecule has 1 amide bonds. The number of amides is 1. The van der Waals surface area contributed by atoms with E-state index < -0.39 is 5.85 Å². The third-order valence-electron chi connectivity index (χ3n) is 4.96. The molecule has 0 unspecified atom stereocenters. The van der Waals surface area contributed by atoms with Crippen molar-refractivity contribution in [3.8, 4) is 11.5 Å². The lowest BCUT2D eigenvalue weighted by atomic mass is 9.96. The summed E-state index contributed by atoms with van der Waals surface area (Å²) < 4.78 is 11.5. The van der Waals surface area contributed by atoms with E-state index in [1.165, 1.54) is 11.8 Å². The predicted molar refractivity (Wildman–Crippen MR) is 99.5 cm³/mol. The first-order valence-corrected chi connectivity index (χ1v) is 9.41. The van der Waals surface area contributed by atoms with Gasteiger partial charge in [0.05, 0.1) is 24.6 Å². The third kappa shape index (κ3) is 2.27. The molecule has 3 aliphatic rings. The number of para-hydroxylation sites is 1. The molecule has 7 heteroatoms. The van der Waals surface area contributed by atoms with Crippen LogP contribution in [0, 0.1) is 0 Å². The van der Waals surface area contributed by atoms with Gasteiger partial charge in [-0.3, -0.25) is 10.1 Å². The fraction of sp³-hybridized carbons (Fsp3) is 0.263. The van der Waals surface area contributed by atoms with Gasteiger partial charge < -0.3 is 9.47 Å². The molecule has 3 aliphatic heterocycles. The maximum atomic E-state index is 11.9. The predicted octanol–water partition coefficient (Wildman–Crippen LogP) is 3.35. The summed E-state index contributed by atoms with van der Waals surface area (Å²) in [6.07, 6.45) is 0.759. The van der Waals surface area contributed by atoms with Crippen LogP contribution in [0.2, 0.25) is 0 Å². The van der Waals surface area contributed by atoms with Crippen molar-refractivity contribution in [2.75, 3.05) is 12.9 Å². The van der Waals surface area contributed by atoms with Crippen molar-refractivity contribution in [2.45, 2.75) is 18.3 Å². The molecule has 0 aliphatic carbocycles. The molecule has 5 rings (SSSR count). The molecule has 0 aromatic heterocycles. The Morgan fingerprint density at radius 2 is 2.08 bits per heavy atom. The second-order valence-corrected chi connectivity index (χ2v) is 7.41. The maximum absolute atomic E-state index is 11.9. The van der Waals surface area contributed by atoms with Gasteiger partial charge in [-0.05, 0) is 35.9 Å². The van der Waals surface area contributed by atoms with E-state index in [0.717, 1.165) is 34.8 Å². The summed E-state index contributed by atoms with van der Waals surface area (Å²) in [7, 11) is 1.65. The Balaban J connectivity index is 1.57. The number of rotatable bonds is 2. The second kappa shape index (κ2) is 5.67. The zero-order chi connectivity index (χ0) is 17.7. The highest BCUT2D eigenvalue weighted by Gasteiger charge is 2.54. The highest BCUT2D eigenvalue weighted by atomic mass is 32.2. The monoisotopic (exact) mass is 367 g/mol. The van der Waals surface area contributed by atoms with E-state index in [1.807, 2.05) is 47.5 Å². The molecule has 1 spiro atoms. The maximum Gasteiger partial charge on any atom is 0.289 e. The molecule has 0 bridgehead atoms. The van der Waals surface area contributed by atoms with Crippen molar-refractivity contribution < 1.29 is 14.3 Å². The van der Waals surface area contributed by atoms with Gasteiger partial charge in [0.15, 0.2) is 0 Å². The van der Waals surface area contributed by atoms with Gasteiger partial charge in [-0.15, -0.1) is 0 Å². The Labute approximate surface area is 155 Å². The van der Waals surface area contributed by atoms with E-state index in [9.17, 15) is 4.79 Å². The summed E-state index contributed by atoms with van der Waals surface area (Å²) in [5, 5.41) is 9.67. The molecule has 1 N–H and O–H groups in total. The summed E-state index contributed by atoms with van der Waals surface area (Å²) in [4.78, 5) is 11.9. The van der Waals surface area contributed by atoms with Crippen molar-refractivity contribution in [1.29, 1.82) is 0 Å². The smallest absolute Gasteiger partial charge is 0.289 e. The summed E-state index contributed by atoms with van der Waals surface area (Å²) in [6, 6.07) is 15.9. The molecule has 3 heterocycles. The van der Waals surface area contributed by atoms with Crippen molar-refractivity contribution in [2.24, 2.45) is 5.10 Å². The molecule has 0 radical (unpaired) electrons. The van der Waals surface area contributed by atoms with Gasteiger partial charge >= 0.3 is 0 Å². The quantitative estimate of drug-likeness (QED) is 0.882. The molecule has 2 atom stereocenters. The minimum Gasteiger partial charge on any atom is -0.497 e. The Bertz CT molecular complexity index is 915. The Kier molecular flexibility index (Phi) is 3.40. The van der Waals surface area contributed by atoms with Gasteiger partial charge in [-0.2, -0.15) is 5.10 Å². The van der Waals surface area contributed by atoms with E-state index in [4.69, 9.17) is 14.6 Å². The number of nitrogens with one attached hydrogen (secondary N) is 1. The van der Waals surface area contributed by atoms with E-state index in [0.29, 0.717) is 5.75 Å². The number of hydrogen-bond donors (Lipinski definition) is 1. The van der Waals surface area contributed by atoms with E-state index >= 15 is 0 Å². The first kappa shape index (κ1) is 15.6. The number of ether oxygens (including phenoxy) is 2. The van der Waals surface area contributed by atoms with E-state index in [1.54, 1.807) is 7.11 Å². The van der Waals surface area contributed by atoms with Crippen LogP contribution in [0.3, 0.4) is 0 Å². The molecular weight excluding hydrogens is 350 g/mol. The minimum atomic E-state index is -0.922. The van der Waals surface area contributed by atoms with Crippen LogP contribution in [0.1, 0.15) is 23.6 Å². The largest absolute Gasteiger partial charge is 0.497 e. The van der Waals surface area contributed by atoms with Crippen LogP contribution in [0.25, 0.3) is 0 Å². The molecule has 6 nitrogen and oxygen atoms in total. The molecule has 2 aromatic carbocycles. The average molecular weight is 367 g/mol. The number of carbonyl (C=O) groups excluding carboxylic acids is 1.